The van der Waals surface area contributed by atoms with Gasteiger partial charge in [0.05, 0.1) is 18.1 Å². The zero-order chi connectivity index (χ0) is 47.5. The molecule has 64 heavy (non-hydrogen) atoms. The number of aliphatic carboxylic acids is 1. The summed E-state index contributed by atoms with van der Waals surface area (Å²) < 4.78 is 99.3. The Hall–Kier alpha value is -1.90. The van der Waals surface area contributed by atoms with Crippen molar-refractivity contribution in [2.45, 2.75) is 174 Å². The molecule has 6 fully saturated rings. The third-order valence-corrected chi connectivity index (χ3v) is 19.0. The van der Waals surface area contributed by atoms with Gasteiger partial charge in [0.2, 0.25) is 6.29 Å². The number of esters is 1. The summed E-state index contributed by atoms with van der Waals surface area (Å²) in [7, 11) is -10.4. The molecule has 20 atom stereocenters. The zero-order valence-electron chi connectivity index (χ0n) is 37.2. The van der Waals surface area contributed by atoms with Crippen LogP contribution in [0, 0.1) is 56.7 Å². The van der Waals surface area contributed by atoms with Crippen molar-refractivity contribution < 1.29 is 93.5 Å². The normalized spacial score (nSPS) is 49.2. The number of rotatable bonds is 10. The van der Waals surface area contributed by atoms with Gasteiger partial charge in [0, 0.05) is 0 Å². The van der Waals surface area contributed by atoms with E-state index >= 15 is 0 Å². The van der Waals surface area contributed by atoms with Crippen LogP contribution in [0.2, 0.25) is 0 Å². The fourth-order valence-corrected chi connectivity index (χ4v) is 15.6. The maximum atomic E-state index is 14.8. The Labute approximate surface area is 373 Å². The van der Waals surface area contributed by atoms with Crippen molar-refractivity contribution in [3.8, 4) is 0 Å². The average molecular weight is 955 g/mol. The quantitative estimate of drug-likeness (QED) is 0.0671. The van der Waals surface area contributed by atoms with Gasteiger partial charge in [0.25, 0.3) is 0 Å². The van der Waals surface area contributed by atoms with E-state index in [1.54, 1.807) is 0 Å². The number of allylic oxidation sites excluding steroid dienone is 2. The molecule has 8 N–H and O–H groups in total. The van der Waals surface area contributed by atoms with Crippen molar-refractivity contribution in [3.63, 3.8) is 0 Å². The molecule has 366 valence electrons. The molecule has 2 aliphatic heterocycles. The van der Waals surface area contributed by atoms with E-state index in [0.717, 1.165) is 31.3 Å². The molecule has 0 bridgehead atoms. The molecule has 0 aromatic rings. The molecule has 0 spiro atoms. The monoisotopic (exact) mass is 954 g/mol. The van der Waals surface area contributed by atoms with Crippen LogP contribution >= 0.6 is 0 Å². The number of carbonyl (C=O) groups excluding carboxylic acids is 1. The number of ether oxygens (including phenoxy) is 4. The van der Waals surface area contributed by atoms with Crippen molar-refractivity contribution in [2.24, 2.45) is 56.7 Å². The first-order valence-corrected chi connectivity index (χ1v) is 24.9. The highest BCUT2D eigenvalue weighted by atomic mass is 32.3. The lowest BCUT2D eigenvalue weighted by molar-refractivity contribution is -0.322. The van der Waals surface area contributed by atoms with Gasteiger partial charge in [-0.2, -0.15) is 16.8 Å². The van der Waals surface area contributed by atoms with Crippen LogP contribution in [-0.2, 0) is 57.7 Å². The Bertz CT molecular complexity index is 2060. The lowest BCUT2D eigenvalue weighted by Gasteiger charge is -2.73. The van der Waals surface area contributed by atoms with E-state index in [4.69, 9.17) is 23.1 Å². The molecule has 0 radical (unpaired) electrons. The number of carboxylic acids is 1. The number of carboxylic acid groups (broad SMARTS) is 1. The van der Waals surface area contributed by atoms with Crippen LogP contribution in [0.3, 0.4) is 0 Å². The average Bonchev–Trinajstić information content (AvgIpc) is 3.18. The maximum absolute atomic E-state index is 14.8. The third-order valence-electron chi connectivity index (χ3n) is 18.1. The van der Waals surface area contributed by atoms with Crippen molar-refractivity contribution in [3.05, 3.63) is 11.6 Å². The summed E-state index contributed by atoms with van der Waals surface area (Å²) in [5.41, 5.74) is -1.39. The van der Waals surface area contributed by atoms with E-state index in [1.165, 1.54) is 0 Å². The molecule has 0 aromatic heterocycles. The molecule has 2 saturated heterocycles. The molecule has 2 heterocycles. The molecule has 0 aromatic carbocycles. The number of aliphatic hydroxyl groups is 5. The predicted octanol–water partition coefficient (Wildman–Crippen LogP) is 1.92. The van der Waals surface area contributed by atoms with Crippen molar-refractivity contribution in [2.75, 3.05) is 6.61 Å². The van der Waals surface area contributed by atoms with Crippen LogP contribution in [-0.4, -0.2) is 143 Å². The number of hydrogen-bond donors (Lipinski definition) is 8. The Morgan fingerprint density at radius 1 is 0.766 bits per heavy atom. The summed E-state index contributed by atoms with van der Waals surface area (Å²) in [6, 6.07) is 0. The number of aliphatic hydroxyl groups excluding tert-OH is 5. The SMILES string of the molecule is CC1=CC[C@]2(C(=O)O[C@@H]3O[C@H](CO)[C@@H](O)[C@H](O)[C@H]3OS(=O)(=O)O)CC[C@]3(C)[C@H](CC[C@@H]4[C@@]5(C)CC[C@H](O[C@@H]6O[C@H](C(=O)O)[C@@H](O)[C@H](O)[C@H]6OS(=O)(=O)O)C(C)(C)[C@@H]5CC[C@]43C)[C@@H]2[C@H]1C. The van der Waals surface area contributed by atoms with Gasteiger partial charge in [-0.1, -0.05) is 53.2 Å². The Morgan fingerprint density at radius 3 is 1.97 bits per heavy atom. The van der Waals surface area contributed by atoms with Crippen molar-refractivity contribution >= 4 is 32.7 Å². The summed E-state index contributed by atoms with van der Waals surface area (Å²) in [5.74, 6) is -2.38. The van der Waals surface area contributed by atoms with Crippen LogP contribution in [0.25, 0.3) is 0 Å². The first-order valence-electron chi connectivity index (χ1n) is 22.2. The highest BCUT2D eigenvalue weighted by molar-refractivity contribution is 7.81. The highest BCUT2D eigenvalue weighted by Gasteiger charge is 2.72. The minimum atomic E-state index is -5.23. The molecule has 0 amide bonds. The van der Waals surface area contributed by atoms with E-state index in [0.29, 0.717) is 32.1 Å². The Kier molecular flexibility index (Phi) is 13.2. The second-order valence-electron chi connectivity index (χ2n) is 21.1. The predicted molar refractivity (Wildman–Crippen MR) is 219 cm³/mol. The number of fused-ring (bicyclic) bond motifs is 7. The van der Waals surface area contributed by atoms with Gasteiger partial charge in [-0.3, -0.25) is 13.9 Å². The van der Waals surface area contributed by atoms with Gasteiger partial charge < -0.3 is 49.6 Å². The lowest BCUT2D eigenvalue weighted by Crippen LogP contribution is -2.68. The van der Waals surface area contributed by atoms with Gasteiger partial charge in [-0.05, 0) is 116 Å². The summed E-state index contributed by atoms with van der Waals surface area (Å²) in [5, 5.41) is 62.2. The second-order valence-corrected chi connectivity index (χ2v) is 23.2. The lowest BCUT2D eigenvalue weighted by atomic mass is 9.31. The van der Waals surface area contributed by atoms with Gasteiger partial charge in [-0.15, -0.1) is 0 Å². The third kappa shape index (κ3) is 8.09. The Morgan fingerprint density at radius 2 is 1.38 bits per heavy atom. The van der Waals surface area contributed by atoms with Gasteiger partial charge in [0.1, 0.15) is 30.5 Å². The molecule has 7 aliphatic rings. The fourth-order valence-electron chi connectivity index (χ4n) is 14.6. The number of hydrogen-bond acceptors (Lipinski definition) is 17. The first kappa shape index (κ1) is 50.0. The summed E-state index contributed by atoms with van der Waals surface area (Å²) in [4.78, 5) is 26.8. The van der Waals surface area contributed by atoms with E-state index in [1.807, 2.05) is 26.8 Å². The van der Waals surface area contributed by atoms with Crippen LogP contribution < -0.4 is 0 Å². The highest BCUT2D eigenvalue weighted by Crippen LogP contribution is 2.77. The maximum Gasteiger partial charge on any atom is 0.397 e. The standard InChI is InChI=1S/C42H66O20S2/c1-19-10-15-42(37(50)60-35-32(61-63(51,52)53)28(45)27(44)22(18-43)57-35)17-16-40(6)21(26(42)20(19)2)8-9-24-39(5)13-12-25(38(3,4)23(39)11-14-41(24,40)7)58-36-33(62-64(54,55)56)30(47)29(46)31(59-36)34(48)49/h10,20-33,35-36,43-47H,8-9,11-18H2,1-7H3,(H,48,49)(H,51,52,53)(H,54,55,56)/t20-,21+,22+,23-,24+,25-,26-,27+,28-,29-,30-,31-,32+,33+,35-,36+,39-,40+,41+,42-/m0/s1. The molecule has 5 aliphatic carbocycles. The molecule has 0 unspecified atom stereocenters. The minimum absolute atomic E-state index is 0.0171. The zero-order valence-corrected chi connectivity index (χ0v) is 38.8. The Balaban J connectivity index is 1.15. The van der Waals surface area contributed by atoms with E-state index in [9.17, 15) is 66.2 Å². The van der Waals surface area contributed by atoms with Crippen LogP contribution in [0.4, 0.5) is 0 Å². The molecule has 22 heteroatoms. The smallest absolute Gasteiger partial charge is 0.397 e. The topological polar surface area (TPSA) is 320 Å². The second kappa shape index (κ2) is 17.0. The van der Waals surface area contributed by atoms with Crippen molar-refractivity contribution in [1.29, 1.82) is 0 Å². The summed E-state index contributed by atoms with van der Waals surface area (Å²) in [6.07, 6.45) is -12.1. The minimum Gasteiger partial charge on any atom is -0.479 e. The first-order chi connectivity index (χ1) is 29.5. The van der Waals surface area contributed by atoms with Gasteiger partial charge in [-0.25, -0.2) is 13.2 Å². The molecular weight excluding hydrogens is 889 g/mol. The van der Waals surface area contributed by atoms with Gasteiger partial charge >= 0.3 is 32.7 Å². The summed E-state index contributed by atoms with van der Waals surface area (Å²) in [6.45, 7) is 14.4. The fraction of sp³-hybridized carbons (Fsp3) is 0.905. The van der Waals surface area contributed by atoms with E-state index in [-0.39, 0.29) is 45.8 Å². The number of carbonyl (C=O) groups is 2. The molecule has 4 saturated carbocycles. The van der Waals surface area contributed by atoms with E-state index < -0.39 is 118 Å². The van der Waals surface area contributed by atoms with Crippen LogP contribution in [0.15, 0.2) is 11.6 Å². The van der Waals surface area contributed by atoms with Crippen molar-refractivity contribution in [1.82, 2.24) is 0 Å². The summed E-state index contributed by atoms with van der Waals surface area (Å²) >= 11 is 0. The molecular formula is C42H66O20S2. The van der Waals surface area contributed by atoms with Crippen LogP contribution in [0.1, 0.15) is 106 Å². The largest absolute Gasteiger partial charge is 0.479 e. The van der Waals surface area contributed by atoms with E-state index in [2.05, 4.69) is 31.9 Å². The van der Waals surface area contributed by atoms with Crippen LogP contribution in [0.5, 0.6) is 0 Å². The molecule has 20 nitrogen and oxygen atoms in total. The molecule has 7 rings (SSSR count). The van der Waals surface area contributed by atoms with Gasteiger partial charge in [0.15, 0.2) is 24.6 Å².